The van der Waals surface area contributed by atoms with Gasteiger partial charge < -0.3 is 0 Å². The first-order valence-electron chi connectivity index (χ1n) is 3.23. The zero-order chi connectivity index (χ0) is 8.43. The van der Waals surface area contributed by atoms with Gasteiger partial charge in [0.2, 0.25) is 0 Å². The van der Waals surface area contributed by atoms with Crippen LogP contribution in [0.5, 0.6) is 0 Å². The van der Waals surface area contributed by atoms with Crippen LogP contribution in [0, 0.1) is 0 Å². The Morgan fingerprint density at radius 3 is 2.45 bits per heavy atom. The monoisotopic (exact) mass is 296 g/mol. The fourth-order valence-electron chi connectivity index (χ4n) is 0.782. The Balaban J connectivity index is 3.09. The van der Waals surface area contributed by atoms with Crippen molar-refractivity contribution in [1.82, 2.24) is 4.98 Å². The van der Waals surface area contributed by atoms with Gasteiger partial charge in [-0.1, -0.05) is 0 Å². The molecule has 0 saturated carbocycles. The van der Waals surface area contributed by atoms with E-state index in [1.165, 1.54) is 0 Å². The third kappa shape index (κ3) is 2.49. The Kier molecular flexibility index (Phi) is 3.47. The molecular formula is C7H8Cl2NSn. The molecule has 0 atom stereocenters. The van der Waals surface area contributed by atoms with Crippen molar-refractivity contribution in [2.45, 2.75) is 9.88 Å². The second-order valence-electron chi connectivity index (χ2n) is 2.48. The maximum absolute atomic E-state index is 5.93. The van der Waals surface area contributed by atoms with Crippen LogP contribution in [-0.4, -0.2) is 24.7 Å². The van der Waals surface area contributed by atoms with Crippen molar-refractivity contribution >= 4 is 46.7 Å². The number of hydrogen-bond donors (Lipinski definition) is 0. The Morgan fingerprint density at radius 1 is 1.36 bits per heavy atom. The zero-order valence-electron chi connectivity index (χ0n) is 6.36. The molecule has 0 unspecified atom stereocenters. The quantitative estimate of drug-likeness (QED) is 0.725. The fraction of sp³-hybridized carbons (Fsp3) is 0.286. The summed E-state index contributed by atoms with van der Waals surface area (Å²) in [4.78, 5) is 8.68. The van der Waals surface area contributed by atoms with Gasteiger partial charge in [-0.15, -0.1) is 0 Å². The Morgan fingerprint density at radius 2 is 2.00 bits per heavy atom. The standard InChI is InChI=1S/C5H2Cl2N.2CH3.Sn/c6-4-1-5(7)3-8-2-4;;;/h1-2H;2*1H3;. The summed E-state index contributed by atoms with van der Waals surface area (Å²) in [5, 5.41) is 1.35. The third-order valence-electron chi connectivity index (χ3n) is 1.28. The first kappa shape index (κ1) is 9.62. The van der Waals surface area contributed by atoms with E-state index in [0.717, 1.165) is 8.73 Å². The molecule has 0 aliphatic heterocycles. The van der Waals surface area contributed by atoms with E-state index in [1.807, 2.05) is 0 Å². The number of aromatic nitrogens is 1. The second kappa shape index (κ2) is 3.96. The van der Waals surface area contributed by atoms with Crippen LogP contribution in [0.3, 0.4) is 0 Å². The second-order valence-corrected chi connectivity index (χ2v) is 10.4. The molecular weight excluding hydrogens is 288 g/mol. The van der Waals surface area contributed by atoms with Crippen molar-refractivity contribution in [3.63, 3.8) is 0 Å². The number of nitrogens with zero attached hydrogens (tertiary/aromatic N) is 1. The summed E-state index contributed by atoms with van der Waals surface area (Å²) < 4.78 is 1.10. The van der Waals surface area contributed by atoms with Gasteiger partial charge in [-0.25, -0.2) is 0 Å². The molecule has 11 heavy (non-hydrogen) atoms. The van der Waals surface area contributed by atoms with E-state index >= 15 is 0 Å². The van der Waals surface area contributed by atoms with E-state index < -0.39 is 19.8 Å². The van der Waals surface area contributed by atoms with Crippen LogP contribution in [0.1, 0.15) is 0 Å². The predicted octanol–water partition coefficient (Wildman–Crippen LogP) is 2.35. The maximum atomic E-state index is 5.93. The van der Waals surface area contributed by atoms with Gasteiger partial charge in [0.05, 0.1) is 0 Å². The Hall–Kier alpha value is 0.529. The molecule has 1 radical (unpaired) electrons. The molecule has 1 heterocycles. The Bertz CT molecular complexity index is 263. The molecule has 0 saturated heterocycles. The van der Waals surface area contributed by atoms with Gasteiger partial charge in [0.25, 0.3) is 0 Å². The SMILES string of the molecule is [CH3][Sn]([CH3])[c]1ncc(Cl)cc1Cl. The van der Waals surface area contributed by atoms with Gasteiger partial charge in [0.1, 0.15) is 0 Å². The summed E-state index contributed by atoms with van der Waals surface area (Å²) in [5.41, 5.74) is 0. The molecule has 0 aromatic carbocycles. The van der Waals surface area contributed by atoms with Gasteiger partial charge in [0.15, 0.2) is 0 Å². The summed E-state index contributed by atoms with van der Waals surface area (Å²) in [7, 11) is 0. The first-order valence-corrected chi connectivity index (χ1v) is 11.1. The zero-order valence-corrected chi connectivity index (χ0v) is 10.7. The molecule has 1 aromatic heterocycles. The molecule has 0 spiro atoms. The summed E-state index contributed by atoms with van der Waals surface area (Å²) in [5.74, 6) is 0. The number of rotatable bonds is 1. The molecule has 59 valence electrons. The van der Waals surface area contributed by atoms with E-state index in [2.05, 4.69) is 14.9 Å². The summed E-state index contributed by atoms with van der Waals surface area (Å²) in [6.45, 7) is 0. The topological polar surface area (TPSA) is 12.9 Å². The molecule has 0 N–H and O–H groups in total. The molecule has 0 bridgehead atoms. The molecule has 1 rings (SSSR count). The minimum atomic E-state index is -1.41. The summed E-state index contributed by atoms with van der Waals surface area (Å²) in [6, 6.07) is 1.76. The van der Waals surface area contributed by atoms with E-state index in [-0.39, 0.29) is 0 Å². The average Bonchev–Trinajstić information content (AvgIpc) is 1.85. The van der Waals surface area contributed by atoms with Crippen LogP contribution in [0.15, 0.2) is 12.3 Å². The molecule has 0 aliphatic rings. The van der Waals surface area contributed by atoms with Crippen molar-refractivity contribution in [2.75, 3.05) is 0 Å². The van der Waals surface area contributed by atoms with Crippen LogP contribution in [0.25, 0.3) is 0 Å². The first-order chi connectivity index (χ1) is 5.11. The molecule has 1 aromatic rings. The number of pyridine rings is 1. The van der Waals surface area contributed by atoms with Gasteiger partial charge in [-0.05, 0) is 0 Å². The van der Waals surface area contributed by atoms with Gasteiger partial charge >= 0.3 is 83.8 Å². The van der Waals surface area contributed by atoms with Crippen molar-refractivity contribution in [3.05, 3.63) is 22.3 Å². The third-order valence-corrected chi connectivity index (χ3v) is 6.07. The van der Waals surface area contributed by atoms with Gasteiger partial charge in [-0.2, -0.15) is 0 Å². The van der Waals surface area contributed by atoms with Crippen LogP contribution in [-0.2, 0) is 0 Å². The van der Waals surface area contributed by atoms with Crippen LogP contribution >= 0.6 is 23.2 Å². The number of hydrogen-bond acceptors (Lipinski definition) is 1. The van der Waals surface area contributed by atoms with Crippen LogP contribution in [0.4, 0.5) is 0 Å². The van der Waals surface area contributed by atoms with Crippen molar-refractivity contribution in [2.24, 2.45) is 0 Å². The van der Waals surface area contributed by atoms with E-state index in [1.54, 1.807) is 12.3 Å². The van der Waals surface area contributed by atoms with Gasteiger partial charge in [0, 0.05) is 0 Å². The molecule has 0 amide bonds. The normalized spacial score (nSPS) is 10.6. The van der Waals surface area contributed by atoms with Crippen molar-refractivity contribution < 1.29 is 0 Å². The fourth-order valence-corrected chi connectivity index (χ4v) is 4.92. The molecule has 0 fully saturated rings. The summed E-state index contributed by atoms with van der Waals surface area (Å²) >= 11 is 10.2. The van der Waals surface area contributed by atoms with E-state index in [9.17, 15) is 0 Å². The number of halogens is 2. The Labute approximate surface area is 83.5 Å². The molecule has 1 nitrogen and oxygen atoms in total. The average molecular weight is 296 g/mol. The van der Waals surface area contributed by atoms with Crippen LogP contribution < -0.4 is 3.71 Å². The van der Waals surface area contributed by atoms with E-state index in [0.29, 0.717) is 5.02 Å². The van der Waals surface area contributed by atoms with Crippen LogP contribution in [0.2, 0.25) is 19.9 Å². The van der Waals surface area contributed by atoms with Crippen molar-refractivity contribution in [1.29, 1.82) is 0 Å². The minimum absolute atomic E-state index is 0.614. The van der Waals surface area contributed by atoms with Gasteiger partial charge in [-0.3, -0.25) is 0 Å². The molecule has 4 heteroatoms. The predicted molar refractivity (Wildman–Crippen MR) is 51.4 cm³/mol. The summed E-state index contributed by atoms with van der Waals surface area (Å²) in [6.07, 6.45) is 1.66. The molecule has 0 aliphatic carbocycles. The van der Waals surface area contributed by atoms with E-state index in [4.69, 9.17) is 23.2 Å². The van der Waals surface area contributed by atoms with Crippen molar-refractivity contribution in [3.8, 4) is 0 Å².